The van der Waals surface area contributed by atoms with Crippen LogP contribution >= 0.6 is 0 Å². The van der Waals surface area contributed by atoms with Crippen LogP contribution in [-0.4, -0.2) is 41.5 Å². The zero-order chi connectivity index (χ0) is 9.52. The standard InChI is InChI=1S/C9H19NO2S/c1-2-13(11)8-5-10-9-3-6-12-7-4-9/h9-10H,2-8H2,1H3. The van der Waals surface area contributed by atoms with E-state index in [-0.39, 0.29) is 0 Å². The van der Waals surface area contributed by atoms with E-state index >= 15 is 0 Å². The molecule has 3 nitrogen and oxygen atoms in total. The minimum Gasteiger partial charge on any atom is -0.381 e. The number of nitrogens with one attached hydrogen (secondary N) is 1. The Bertz CT molecular complexity index is 158. The Hall–Kier alpha value is 0.0700. The first-order valence-electron chi connectivity index (χ1n) is 4.99. The molecule has 0 aromatic rings. The Morgan fingerprint density at radius 2 is 2.15 bits per heavy atom. The molecule has 1 aliphatic heterocycles. The predicted molar refractivity (Wildman–Crippen MR) is 55.4 cm³/mol. The van der Waals surface area contributed by atoms with Crippen LogP contribution in [0.4, 0.5) is 0 Å². The van der Waals surface area contributed by atoms with Crippen molar-refractivity contribution in [2.24, 2.45) is 0 Å². The monoisotopic (exact) mass is 205 g/mol. The molecule has 1 atom stereocenters. The molecular weight excluding hydrogens is 186 g/mol. The molecule has 0 bridgehead atoms. The number of hydrogen-bond acceptors (Lipinski definition) is 3. The lowest BCUT2D eigenvalue weighted by atomic mass is 10.1. The lowest BCUT2D eigenvalue weighted by Crippen LogP contribution is -2.36. The first kappa shape index (κ1) is 11.1. The van der Waals surface area contributed by atoms with Gasteiger partial charge in [-0.15, -0.1) is 0 Å². The van der Waals surface area contributed by atoms with Crippen LogP contribution in [0.15, 0.2) is 0 Å². The van der Waals surface area contributed by atoms with Gasteiger partial charge in [0.15, 0.2) is 0 Å². The Balaban J connectivity index is 2.01. The Kier molecular flexibility index (Phi) is 5.58. The molecule has 1 rings (SSSR count). The molecule has 1 N–H and O–H groups in total. The molecule has 0 aliphatic carbocycles. The van der Waals surface area contributed by atoms with E-state index in [0.717, 1.165) is 44.1 Å². The molecule has 1 unspecified atom stereocenters. The summed E-state index contributed by atoms with van der Waals surface area (Å²) in [5.41, 5.74) is 0. The van der Waals surface area contributed by atoms with Gasteiger partial charge in [-0.3, -0.25) is 4.21 Å². The molecule has 78 valence electrons. The normalized spacial score (nSPS) is 21.6. The van der Waals surface area contributed by atoms with E-state index in [2.05, 4.69) is 5.32 Å². The predicted octanol–water partition coefficient (Wildman–Crippen LogP) is 0.524. The van der Waals surface area contributed by atoms with E-state index in [1.54, 1.807) is 0 Å². The van der Waals surface area contributed by atoms with Gasteiger partial charge in [0.2, 0.25) is 0 Å². The number of hydrogen-bond donors (Lipinski definition) is 1. The van der Waals surface area contributed by atoms with Crippen molar-refractivity contribution in [2.45, 2.75) is 25.8 Å². The van der Waals surface area contributed by atoms with Gasteiger partial charge in [-0.25, -0.2) is 0 Å². The molecule has 1 aliphatic rings. The lowest BCUT2D eigenvalue weighted by Gasteiger charge is -2.22. The molecule has 0 aromatic heterocycles. The third-order valence-corrected chi connectivity index (χ3v) is 3.61. The van der Waals surface area contributed by atoms with Gasteiger partial charge in [0.05, 0.1) is 0 Å². The zero-order valence-corrected chi connectivity index (χ0v) is 9.07. The maximum Gasteiger partial charge on any atom is 0.0480 e. The van der Waals surface area contributed by atoms with E-state index in [4.69, 9.17) is 4.74 Å². The summed E-state index contributed by atoms with van der Waals surface area (Å²) in [5, 5.41) is 3.41. The van der Waals surface area contributed by atoms with Crippen LogP contribution in [0.3, 0.4) is 0 Å². The minimum absolute atomic E-state index is 0.586. The van der Waals surface area contributed by atoms with Gasteiger partial charge < -0.3 is 10.1 Å². The molecule has 13 heavy (non-hydrogen) atoms. The van der Waals surface area contributed by atoms with Crippen LogP contribution in [0.2, 0.25) is 0 Å². The van der Waals surface area contributed by atoms with Crippen LogP contribution in [0.1, 0.15) is 19.8 Å². The van der Waals surface area contributed by atoms with Gasteiger partial charge in [-0.1, -0.05) is 6.92 Å². The topological polar surface area (TPSA) is 38.3 Å². The second kappa shape index (κ2) is 6.51. The van der Waals surface area contributed by atoms with E-state index in [9.17, 15) is 4.21 Å². The van der Waals surface area contributed by atoms with E-state index in [0.29, 0.717) is 6.04 Å². The van der Waals surface area contributed by atoms with Gasteiger partial charge >= 0.3 is 0 Å². The summed E-state index contributed by atoms with van der Waals surface area (Å²) in [6.45, 7) is 4.58. The van der Waals surface area contributed by atoms with Crippen LogP contribution in [0.5, 0.6) is 0 Å². The largest absolute Gasteiger partial charge is 0.381 e. The highest BCUT2D eigenvalue weighted by Gasteiger charge is 2.12. The molecule has 0 amide bonds. The third kappa shape index (κ3) is 4.74. The molecule has 0 saturated carbocycles. The van der Waals surface area contributed by atoms with Crippen LogP contribution in [0.25, 0.3) is 0 Å². The molecule has 1 heterocycles. The van der Waals surface area contributed by atoms with Crippen LogP contribution in [-0.2, 0) is 15.5 Å². The van der Waals surface area contributed by atoms with Crippen molar-refractivity contribution < 1.29 is 8.95 Å². The highest BCUT2D eigenvalue weighted by molar-refractivity contribution is 7.84. The summed E-state index contributed by atoms with van der Waals surface area (Å²) in [6, 6.07) is 0.586. The van der Waals surface area contributed by atoms with Crippen molar-refractivity contribution >= 4 is 10.8 Å². The van der Waals surface area contributed by atoms with Crippen molar-refractivity contribution in [1.29, 1.82) is 0 Å². The van der Waals surface area contributed by atoms with Gasteiger partial charge in [0, 0.05) is 48.1 Å². The van der Waals surface area contributed by atoms with Gasteiger partial charge in [-0.2, -0.15) is 0 Å². The van der Waals surface area contributed by atoms with Crippen molar-refractivity contribution in [3.63, 3.8) is 0 Å². The van der Waals surface area contributed by atoms with Crippen LogP contribution in [0, 0.1) is 0 Å². The van der Waals surface area contributed by atoms with Crippen molar-refractivity contribution in [2.75, 3.05) is 31.3 Å². The Labute approximate surface area is 82.7 Å². The molecule has 0 radical (unpaired) electrons. The molecular formula is C9H19NO2S. The molecule has 4 heteroatoms. The smallest absolute Gasteiger partial charge is 0.0480 e. The van der Waals surface area contributed by atoms with Crippen molar-refractivity contribution in [3.05, 3.63) is 0 Å². The minimum atomic E-state index is -0.625. The summed E-state index contributed by atoms with van der Waals surface area (Å²) in [4.78, 5) is 0. The van der Waals surface area contributed by atoms with Gasteiger partial charge in [-0.05, 0) is 12.8 Å². The molecule has 0 aromatic carbocycles. The fraction of sp³-hybridized carbons (Fsp3) is 1.00. The molecule has 1 fully saturated rings. The first-order valence-corrected chi connectivity index (χ1v) is 6.48. The fourth-order valence-electron chi connectivity index (χ4n) is 1.42. The summed E-state index contributed by atoms with van der Waals surface area (Å²) in [6.07, 6.45) is 2.19. The third-order valence-electron chi connectivity index (χ3n) is 2.31. The first-order chi connectivity index (χ1) is 6.33. The second-order valence-corrected chi connectivity index (χ2v) is 5.14. The lowest BCUT2D eigenvalue weighted by molar-refractivity contribution is 0.0786. The molecule has 1 saturated heterocycles. The summed E-state index contributed by atoms with van der Waals surface area (Å²) < 4.78 is 16.3. The van der Waals surface area contributed by atoms with Gasteiger partial charge in [0.25, 0.3) is 0 Å². The summed E-state index contributed by atoms with van der Waals surface area (Å²) >= 11 is 0. The number of rotatable bonds is 5. The van der Waals surface area contributed by atoms with E-state index in [1.807, 2.05) is 6.92 Å². The SMILES string of the molecule is CCS(=O)CCNC1CCOCC1. The Morgan fingerprint density at radius 1 is 1.46 bits per heavy atom. The van der Waals surface area contributed by atoms with Gasteiger partial charge in [0.1, 0.15) is 0 Å². The Morgan fingerprint density at radius 3 is 2.77 bits per heavy atom. The summed E-state index contributed by atoms with van der Waals surface area (Å²) in [5.74, 6) is 1.56. The zero-order valence-electron chi connectivity index (χ0n) is 8.25. The second-order valence-electron chi connectivity index (χ2n) is 3.27. The van der Waals surface area contributed by atoms with E-state index in [1.165, 1.54) is 0 Å². The van der Waals surface area contributed by atoms with Crippen molar-refractivity contribution in [3.8, 4) is 0 Å². The average Bonchev–Trinajstić information content (AvgIpc) is 2.19. The maximum absolute atomic E-state index is 11.1. The average molecular weight is 205 g/mol. The van der Waals surface area contributed by atoms with Crippen molar-refractivity contribution in [1.82, 2.24) is 5.32 Å². The quantitative estimate of drug-likeness (QED) is 0.711. The highest BCUT2D eigenvalue weighted by atomic mass is 32.2. The number of ether oxygens (including phenoxy) is 1. The van der Waals surface area contributed by atoms with Crippen LogP contribution < -0.4 is 5.32 Å². The highest BCUT2D eigenvalue weighted by Crippen LogP contribution is 2.05. The fourth-order valence-corrected chi connectivity index (χ4v) is 2.06. The summed E-state index contributed by atoms with van der Waals surface area (Å²) in [7, 11) is -0.625. The van der Waals surface area contributed by atoms with E-state index < -0.39 is 10.8 Å². The molecule has 0 spiro atoms. The maximum atomic E-state index is 11.1.